The van der Waals surface area contributed by atoms with Gasteiger partial charge in [-0.25, -0.2) is 0 Å². The van der Waals surface area contributed by atoms with Gasteiger partial charge in [-0.05, 0) is 25.0 Å². The van der Waals surface area contributed by atoms with E-state index in [-0.39, 0.29) is 5.56 Å². The lowest BCUT2D eigenvalue weighted by Gasteiger charge is -2.28. The number of hydrogen-bond acceptors (Lipinski definition) is 0. The first-order chi connectivity index (χ1) is 8.44. The van der Waals surface area contributed by atoms with Crippen molar-refractivity contribution in [1.82, 2.24) is 0 Å². The van der Waals surface area contributed by atoms with Crippen LogP contribution in [0.5, 0.6) is 0 Å². The maximum Gasteiger partial charge on any atom is 0.401 e. The molecule has 0 radical (unpaired) electrons. The molecule has 19 heavy (non-hydrogen) atoms. The van der Waals surface area contributed by atoms with E-state index in [4.69, 9.17) is 0 Å². The Labute approximate surface area is 114 Å². The first kappa shape index (κ1) is 16.3. The van der Waals surface area contributed by atoms with E-state index in [1.807, 2.05) is 0 Å². The van der Waals surface area contributed by atoms with Crippen molar-refractivity contribution in [2.24, 2.45) is 5.92 Å². The van der Waals surface area contributed by atoms with E-state index in [0.29, 0.717) is 11.1 Å². The van der Waals surface area contributed by atoms with Crippen LogP contribution in [0.25, 0.3) is 0 Å². The zero-order valence-corrected chi connectivity index (χ0v) is 11.6. The minimum absolute atomic E-state index is 0.000324. The van der Waals surface area contributed by atoms with Crippen molar-refractivity contribution in [3.8, 4) is 0 Å². The average molecular weight is 349 g/mol. The highest BCUT2D eigenvalue weighted by Crippen LogP contribution is 2.50. The van der Waals surface area contributed by atoms with Crippen molar-refractivity contribution in [3.05, 3.63) is 34.9 Å². The molecule has 0 amide bonds. The van der Waals surface area contributed by atoms with Gasteiger partial charge in [0.25, 0.3) is 0 Å². The zero-order valence-electron chi connectivity index (χ0n) is 10.0. The minimum Gasteiger partial charge on any atom is -0.170 e. The van der Waals surface area contributed by atoms with Gasteiger partial charge in [-0.2, -0.15) is 26.3 Å². The molecule has 1 aromatic carbocycles. The molecule has 0 aromatic heterocycles. The van der Waals surface area contributed by atoms with Crippen LogP contribution in [0.3, 0.4) is 0 Å². The molecule has 0 saturated heterocycles. The van der Waals surface area contributed by atoms with Gasteiger partial charge in [-0.3, -0.25) is 0 Å². The van der Waals surface area contributed by atoms with Crippen LogP contribution in [0.4, 0.5) is 26.3 Å². The molecule has 1 rings (SSSR count). The lowest BCUT2D eigenvalue weighted by atomic mass is 9.93. The van der Waals surface area contributed by atoms with E-state index in [0.717, 1.165) is 0 Å². The molecule has 0 spiro atoms. The summed E-state index contributed by atoms with van der Waals surface area (Å²) in [5.74, 6) is -3.43. The standard InChI is InChI=1S/C12H11BrF6/c1-6-3-4-7(2)8(5-6)9(13)10(11(14,15)16)12(17,18)19/h3-5,9-10H,1-2H3. The second-order valence-corrected chi connectivity index (χ2v) is 5.31. The quantitative estimate of drug-likeness (QED) is 0.490. The van der Waals surface area contributed by atoms with Gasteiger partial charge in [0.05, 0.1) is 4.83 Å². The molecule has 0 fully saturated rings. The third kappa shape index (κ3) is 3.87. The van der Waals surface area contributed by atoms with Gasteiger partial charge < -0.3 is 0 Å². The SMILES string of the molecule is Cc1ccc(C)c(C(Br)C(C(F)(F)F)C(F)(F)F)c1. The van der Waals surface area contributed by atoms with Crippen molar-refractivity contribution in [3.63, 3.8) is 0 Å². The van der Waals surface area contributed by atoms with Gasteiger partial charge in [0, 0.05) is 0 Å². The van der Waals surface area contributed by atoms with E-state index in [9.17, 15) is 26.3 Å². The molecule has 7 heteroatoms. The minimum atomic E-state index is -5.36. The number of aryl methyl sites for hydroxylation is 2. The third-order valence-corrected chi connectivity index (χ3v) is 3.75. The second kappa shape index (κ2) is 5.34. The summed E-state index contributed by atoms with van der Waals surface area (Å²) >= 11 is 2.57. The van der Waals surface area contributed by atoms with Crippen molar-refractivity contribution >= 4 is 15.9 Å². The Morgan fingerprint density at radius 1 is 0.947 bits per heavy atom. The van der Waals surface area contributed by atoms with Crippen molar-refractivity contribution in [1.29, 1.82) is 0 Å². The highest BCUT2D eigenvalue weighted by Gasteiger charge is 2.60. The fourth-order valence-corrected chi connectivity index (χ4v) is 2.85. The fourth-order valence-electron chi connectivity index (χ4n) is 1.75. The maximum absolute atomic E-state index is 12.6. The highest BCUT2D eigenvalue weighted by molar-refractivity contribution is 9.09. The first-order valence-electron chi connectivity index (χ1n) is 5.29. The molecule has 0 saturated carbocycles. The summed E-state index contributed by atoms with van der Waals surface area (Å²) in [6.45, 7) is 3.09. The number of rotatable bonds is 2. The fraction of sp³-hybridized carbons (Fsp3) is 0.500. The van der Waals surface area contributed by atoms with Crippen molar-refractivity contribution < 1.29 is 26.3 Å². The van der Waals surface area contributed by atoms with Crippen LogP contribution in [0.15, 0.2) is 18.2 Å². The molecule has 108 valence electrons. The molecule has 0 aliphatic rings. The molecular weight excluding hydrogens is 338 g/mol. The van der Waals surface area contributed by atoms with E-state index in [1.165, 1.54) is 19.1 Å². The molecule has 0 nitrogen and oxygen atoms in total. The maximum atomic E-state index is 12.6. The van der Waals surface area contributed by atoms with Crippen LogP contribution >= 0.6 is 15.9 Å². The topological polar surface area (TPSA) is 0 Å². The monoisotopic (exact) mass is 348 g/mol. The highest BCUT2D eigenvalue weighted by atomic mass is 79.9. The van der Waals surface area contributed by atoms with Gasteiger partial charge in [-0.1, -0.05) is 39.7 Å². The van der Waals surface area contributed by atoms with Gasteiger partial charge in [0.2, 0.25) is 0 Å². The number of hydrogen-bond donors (Lipinski definition) is 0. The van der Waals surface area contributed by atoms with Crippen LogP contribution in [0, 0.1) is 19.8 Å². The Balaban J connectivity index is 3.28. The second-order valence-electron chi connectivity index (χ2n) is 4.32. The van der Waals surface area contributed by atoms with Crippen LogP contribution < -0.4 is 0 Å². The molecule has 1 atom stereocenters. The van der Waals surface area contributed by atoms with E-state index >= 15 is 0 Å². The molecular formula is C12H11BrF6. The van der Waals surface area contributed by atoms with Gasteiger partial charge >= 0.3 is 12.4 Å². The lowest BCUT2D eigenvalue weighted by Crippen LogP contribution is -2.39. The Bertz CT molecular complexity index is 435. The smallest absolute Gasteiger partial charge is 0.170 e. The third-order valence-electron chi connectivity index (χ3n) is 2.73. The molecule has 0 aliphatic heterocycles. The zero-order chi connectivity index (χ0) is 15.0. The molecule has 0 aliphatic carbocycles. The van der Waals surface area contributed by atoms with Crippen LogP contribution in [-0.2, 0) is 0 Å². The summed E-state index contributed by atoms with van der Waals surface area (Å²) in [5.41, 5.74) is 0.985. The van der Waals surface area contributed by atoms with Crippen LogP contribution in [-0.4, -0.2) is 12.4 Å². The lowest BCUT2D eigenvalue weighted by molar-refractivity contribution is -0.283. The van der Waals surface area contributed by atoms with Gasteiger partial charge in [-0.15, -0.1) is 0 Å². The first-order valence-corrected chi connectivity index (χ1v) is 6.21. The molecule has 0 bridgehead atoms. The molecule has 1 aromatic rings. The summed E-state index contributed by atoms with van der Waals surface area (Å²) in [5, 5.41) is 0. The summed E-state index contributed by atoms with van der Waals surface area (Å²) in [7, 11) is 0. The van der Waals surface area contributed by atoms with E-state index in [1.54, 1.807) is 13.0 Å². The van der Waals surface area contributed by atoms with Crippen LogP contribution in [0.2, 0.25) is 0 Å². The van der Waals surface area contributed by atoms with E-state index < -0.39 is 23.1 Å². The van der Waals surface area contributed by atoms with E-state index in [2.05, 4.69) is 15.9 Å². The average Bonchev–Trinajstić information content (AvgIpc) is 2.17. The molecule has 0 heterocycles. The number of benzene rings is 1. The number of halogens is 7. The van der Waals surface area contributed by atoms with Crippen LogP contribution in [0.1, 0.15) is 21.5 Å². The van der Waals surface area contributed by atoms with Gasteiger partial charge in [0.1, 0.15) is 0 Å². The normalized spacial score (nSPS) is 14.8. The summed E-state index contributed by atoms with van der Waals surface area (Å²) in [4.78, 5) is -1.85. The Kier molecular flexibility index (Phi) is 4.59. The number of alkyl halides is 7. The van der Waals surface area contributed by atoms with Crippen molar-refractivity contribution in [2.45, 2.75) is 31.0 Å². The Morgan fingerprint density at radius 2 is 1.42 bits per heavy atom. The largest absolute Gasteiger partial charge is 0.401 e. The summed E-state index contributed by atoms with van der Waals surface area (Å²) < 4.78 is 75.8. The predicted octanol–water partition coefficient (Wildman–Crippen LogP) is 5.48. The summed E-state index contributed by atoms with van der Waals surface area (Å²) in [6, 6.07) is 4.47. The molecule has 1 unspecified atom stereocenters. The van der Waals surface area contributed by atoms with Crippen molar-refractivity contribution in [2.75, 3.05) is 0 Å². The predicted molar refractivity (Wildman–Crippen MR) is 63.2 cm³/mol. The van der Waals surface area contributed by atoms with Gasteiger partial charge in [0.15, 0.2) is 5.92 Å². The summed E-state index contributed by atoms with van der Waals surface area (Å²) in [6.07, 6.45) is -10.7. The Morgan fingerprint density at radius 3 is 1.84 bits per heavy atom. The molecule has 0 N–H and O–H groups in total. The Hall–Kier alpha value is -0.720.